The second kappa shape index (κ2) is 9.40. The molecular weight excluding hydrogens is 416 g/mol. The number of hydrogen-bond acceptors (Lipinski definition) is 5. The number of halogens is 1. The van der Waals surface area contributed by atoms with Gasteiger partial charge in [-0.3, -0.25) is 14.5 Å². The number of aryl methyl sites for hydroxylation is 1. The maximum Gasteiger partial charge on any atom is 0.223 e. The third-order valence-corrected chi connectivity index (χ3v) is 6.32. The molecule has 1 aromatic heterocycles. The number of benzene rings is 1. The SMILES string of the molecule is CC1CN(CCC(=O)N2CCCC(C(=O)c3nccn3C)C2)Cc2cc(Cl)ccc2O1. The van der Waals surface area contributed by atoms with Crippen LogP contribution >= 0.6 is 11.6 Å². The zero-order valence-electron chi connectivity index (χ0n) is 18.1. The average Bonchev–Trinajstić information content (AvgIpc) is 3.11. The number of ketones is 1. The summed E-state index contributed by atoms with van der Waals surface area (Å²) in [6.45, 7) is 5.32. The summed E-state index contributed by atoms with van der Waals surface area (Å²) in [4.78, 5) is 34.0. The second-order valence-corrected chi connectivity index (χ2v) is 9.01. The first kappa shape index (κ1) is 21.8. The van der Waals surface area contributed by atoms with E-state index in [0.717, 1.165) is 30.7 Å². The fraction of sp³-hybridized carbons (Fsp3) is 0.522. The van der Waals surface area contributed by atoms with Crippen molar-refractivity contribution < 1.29 is 14.3 Å². The summed E-state index contributed by atoms with van der Waals surface area (Å²) >= 11 is 6.16. The second-order valence-electron chi connectivity index (χ2n) is 8.57. The van der Waals surface area contributed by atoms with Gasteiger partial charge in [0.1, 0.15) is 11.9 Å². The van der Waals surface area contributed by atoms with Crippen molar-refractivity contribution in [3.05, 3.63) is 47.0 Å². The maximum absolute atomic E-state index is 12.9. The number of ether oxygens (including phenoxy) is 1. The summed E-state index contributed by atoms with van der Waals surface area (Å²) < 4.78 is 7.76. The van der Waals surface area contributed by atoms with Gasteiger partial charge in [-0.2, -0.15) is 0 Å². The molecule has 2 unspecified atom stereocenters. The summed E-state index contributed by atoms with van der Waals surface area (Å²) in [6, 6.07) is 5.68. The molecule has 2 aliphatic rings. The molecule has 31 heavy (non-hydrogen) atoms. The van der Waals surface area contributed by atoms with Crippen LogP contribution in [0.25, 0.3) is 0 Å². The van der Waals surface area contributed by atoms with Crippen LogP contribution in [0.5, 0.6) is 5.75 Å². The smallest absolute Gasteiger partial charge is 0.223 e. The predicted octanol–water partition coefficient (Wildman–Crippen LogP) is 3.17. The average molecular weight is 445 g/mol. The van der Waals surface area contributed by atoms with E-state index in [9.17, 15) is 9.59 Å². The number of piperidine rings is 1. The Hall–Kier alpha value is -2.38. The van der Waals surface area contributed by atoms with Crippen LogP contribution < -0.4 is 4.74 Å². The molecule has 2 atom stereocenters. The minimum atomic E-state index is -0.181. The van der Waals surface area contributed by atoms with Crippen molar-refractivity contribution in [1.29, 1.82) is 0 Å². The number of carbonyl (C=O) groups is 2. The van der Waals surface area contributed by atoms with Gasteiger partial charge in [0.2, 0.25) is 11.7 Å². The van der Waals surface area contributed by atoms with E-state index in [1.807, 2.05) is 37.1 Å². The molecule has 1 amide bonds. The molecule has 2 aliphatic heterocycles. The highest BCUT2D eigenvalue weighted by Gasteiger charge is 2.31. The largest absolute Gasteiger partial charge is 0.489 e. The highest BCUT2D eigenvalue weighted by atomic mass is 35.5. The van der Waals surface area contributed by atoms with Crippen LogP contribution in [-0.2, 0) is 18.4 Å². The van der Waals surface area contributed by atoms with Crippen molar-refractivity contribution in [3.63, 3.8) is 0 Å². The van der Waals surface area contributed by atoms with Crippen molar-refractivity contribution in [2.75, 3.05) is 26.2 Å². The van der Waals surface area contributed by atoms with Gasteiger partial charge in [0, 0.05) is 75.1 Å². The van der Waals surface area contributed by atoms with Gasteiger partial charge in [0.15, 0.2) is 5.82 Å². The Morgan fingerprint density at radius 2 is 2.13 bits per heavy atom. The standard InChI is InChI=1S/C23H29ClN4O3/c1-16-13-27(14-18-12-19(24)5-6-20(18)31-16)10-7-21(29)28-9-3-4-17(15-28)22(30)23-25-8-11-26(23)2/h5-6,8,11-12,16-17H,3-4,7,9-10,13-15H2,1-2H3. The predicted molar refractivity (Wildman–Crippen MR) is 118 cm³/mol. The molecule has 2 aromatic rings. The van der Waals surface area contributed by atoms with Crippen LogP contribution in [0.15, 0.2) is 30.6 Å². The van der Waals surface area contributed by atoms with Crippen LogP contribution in [0.4, 0.5) is 0 Å². The fourth-order valence-corrected chi connectivity index (χ4v) is 4.69. The monoisotopic (exact) mass is 444 g/mol. The lowest BCUT2D eigenvalue weighted by Gasteiger charge is -2.32. The highest BCUT2D eigenvalue weighted by molar-refractivity contribution is 6.30. The van der Waals surface area contributed by atoms with Gasteiger partial charge >= 0.3 is 0 Å². The third kappa shape index (κ3) is 5.10. The van der Waals surface area contributed by atoms with Gasteiger partial charge in [-0.05, 0) is 38.0 Å². The molecule has 0 spiro atoms. The van der Waals surface area contributed by atoms with Gasteiger partial charge in [0.25, 0.3) is 0 Å². The summed E-state index contributed by atoms with van der Waals surface area (Å²) in [7, 11) is 1.82. The van der Waals surface area contributed by atoms with Gasteiger partial charge in [-0.25, -0.2) is 4.98 Å². The number of imidazole rings is 1. The lowest BCUT2D eigenvalue weighted by atomic mass is 9.93. The summed E-state index contributed by atoms with van der Waals surface area (Å²) in [5, 5.41) is 0.685. The zero-order valence-corrected chi connectivity index (χ0v) is 18.8. The Kier molecular flexibility index (Phi) is 6.62. The van der Waals surface area contributed by atoms with Crippen LogP contribution in [0.1, 0.15) is 42.4 Å². The lowest BCUT2D eigenvalue weighted by molar-refractivity contribution is -0.133. The van der Waals surface area contributed by atoms with Crippen molar-refractivity contribution in [3.8, 4) is 5.75 Å². The Morgan fingerprint density at radius 3 is 2.90 bits per heavy atom. The normalized spacial score (nSPS) is 21.8. The van der Waals surface area contributed by atoms with E-state index in [1.165, 1.54) is 0 Å². The Bertz CT molecular complexity index is 960. The molecule has 166 valence electrons. The number of aromatic nitrogens is 2. The molecule has 8 heteroatoms. The Morgan fingerprint density at radius 1 is 1.29 bits per heavy atom. The van der Waals surface area contributed by atoms with E-state index in [-0.39, 0.29) is 23.7 Å². The van der Waals surface area contributed by atoms with E-state index in [4.69, 9.17) is 16.3 Å². The van der Waals surface area contributed by atoms with Crippen molar-refractivity contribution in [1.82, 2.24) is 19.4 Å². The van der Waals surface area contributed by atoms with Crippen LogP contribution in [0.2, 0.25) is 5.02 Å². The lowest BCUT2D eigenvalue weighted by Crippen LogP contribution is -2.44. The number of rotatable bonds is 5. The number of carbonyl (C=O) groups excluding carboxylic acids is 2. The van der Waals surface area contributed by atoms with Crippen LogP contribution in [-0.4, -0.2) is 63.3 Å². The van der Waals surface area contributed by atoms with Crippen LogP contribution in [0.3, 0.4) is 0 Å². The quantitative estimate of drug-likeness (QED) is 0.662. The van der Waals surface area contributed by atoms with E-state index >= 15 is 0 Å². The zero-order chi connectivity index (χ0) is 22.0. The first-order valence-corrected chi connectivity index (χ1v) is 11.2. The maximum atomic E-state index is 12.9. The van der Waals surface area contributed by atoms with Crippen molar-refractivity contribution in [2.24, 2.45) is 13.0 Å². The topological polar surface area (TPSA) is 67.7 Å². The number of amides is 1. The van der Waals surface area contributed by atoms with Gasteiger partial charge in [-0.15, -0.1) is 0 Å². The molecule has 1 aromatic carbocycles. The molecule has 0 aliphatic carbocycles. The van der Waals surface area contributed by atoms with Crippen molar-refractivity contribution >= 4 is 23.3 Å². The number of fused-ring (bicyclic) bond motifs is 1. The third-order valence-electron chi connectivity index (χ3n) is 6.09. The van der Waals surface area contributed by atoms with Gasteiger partial charge < -0.3 is 14.2 Å². The number of nitrogens with zero attached hydrogens (tertiary/aromatic N) is 4. The van der Waals surface area contributed by atoms with Gasteiger partial charge in [0.05, 0.1) is 0 Å². The summed E-state index contributed by atoms with van der Waals surface area (Å²) in [5.41, 5.74) is 1.04. The molecule has 1 saturated heterocycles. The number of Topliss-reactive ketones (excluding diaryl/α,β-unsaturated/α-hetero) is 1. The Balaban J connectivity index is 1.35. The molecule has 3 heterocycles. The Labute approximate surface area is 187 Å². The molecule has 0 bridgehead atoms. The highest BCUT2D eigenvalue weighted by Crippen LogP contribution is 2.28. The van der Waals surface area contributed by atoms with Crippen molar-refractivity contribution in [2.45, 2.75) is 38.8 Å². The molecule has 4 rings (SSSR count). The summed E-state index contributed by atoms with van der Waals surface area (Å²) in [6.07, 6.45) is 5.51. The van der Waals surface area contributed by atoms with Crippen LogP contribution in [0, 0.1) is 5.92 Å². The first-order valence-electron chi connectivity index (χ1n) is 10.9. The number of likely N-dealkylation sites (tertiary alicyclic amines) is 1. The first-order chi connectivity index (χ1) is 14.9. The molecule has 0 saturated carbocycles. The van der Waals surface area contributed by atoms with E-state index < -0.39 is 0 Å². The molecule has 1 fully saturated rings. The minimum absolute atomic E-state index is 0.0250. The minimum Gasteiger partial charge on any atom is -0.489 e. The molecular formula is C23H29ClN4O3. The fourth-order valence-electron chi connectivity index (χ4n) is 4.50. The van der Waals surface area contributed by atoms with E-state index in [0.29, 0.717) is 43.4 Å². The summed E-state index contributed by atoms with van der Waals surface area (Å²) in [5.74, 6) is 1.27. The molecule has 0 N–H and O–H groups in total. The molecule has 0 radical (unpaired) electrons. The van der Waals surface area contributed by atoms with Gasteiger partial charge in [-0.1, -0.05) is 11.6 Å². The molecule has 7 nitrogen and oxygen atoms in total. The van der Waals surface area contributed by atoms with E-state index in [1.54, 1.807) is 17.0 Å². The number of hydrogen-bond donors (Lipinski definition) is 0. The van der Waals surface area contributed by atoms with E-state index in [2.05, 4.69) is 9.88 Å².